The highest BCUT2D eigenvalue weighted by molar-refractivity contribution is 7.99. The number of rotatable bonds is 3. The van der Waals surface area contributed by atoms with E-state index in [4.69, 9.17) is 5.11 Å². The number of pyridine rings is 2. The monoisotopic (exact) mass is 278 g/mol. The second kappa shape index (κ2) is 5.36. The molecule has 2 rings (SSSR count). The standard InChI is InChI=1S/C13H11FN2O2S/c1-7-3-8(2)16-11(4-7)19-12-10(13(17)18)5-9(14)6-15-12/h3-6H,1-2H3,(H,17,18). The van der Waals surface area contributed by atoms with Gasteiger partial charge in [0.2, 0.25) is 0 Å². The summed E-state index contributed by atoms with van der Waals surface area (Å²) in [5.74, 6) is -1.88. The summed E-state index contributed by atoms with van der Waals surface area (Å²) in [5, 5.41) is 9.90. The summed E-state index contributed by atoms with van der Waals surface area (Å²) in [6.45, 7) is 3.78. The van der Waals surface area contributed by atoms with E-state index in [9.17, 15) is 9.18 Å². The number of halogens is 1. The zero-order chi connectivity index (χ0) is 14.0. The maximum atomic E-state index is 13.0. The Kier molecular flexibility index (Phi) is 3.80. The lowest BCUT2D eigenvalue weighted by atomic mass is 10.3. The highest BCUT2D eigenvalue weighted by Gasteiger charge is 2.15. The summed E-state index contributed by atoms with van der Waals surface area (Å²) in [6, 6.07) is 4.70. The molecule has 2 aromatic heterocycles. The van der Waals surface area contributed by atoms with Crippen molar-refractivity contribution >= 4 is 17.7 Å². The maximum absolute atomic E-state index is 13.0. The van der Waals surface area contributed by atoms with Gasteiger partial charge < -0.3 is 5.11 Å². The van der Waals surface area contributed by atoms with Crippen LogP contribution in [0.4, 0.5) is 4.39 Å². The lowest BCUT2D eigenvalue weighted by molar-refractivity contribution is 0.0691. The topological polar surface area (TPSA) is 63.1 Å². The van der Waals surface area contributed by atoms with Crippen molar-refractivity contribution in [2.75, 3.05) is 0 Å². The zero-order valence-corrected chi connectivity index (χ0v) is 11.2. The molecule has 0 amide bonds. The van der Waals surface area contributed by atoms with E-state index in [0.717, 1.165) is 35.3 Å². The molecule has 0 unspecified atom stereocenters. The van der Waals surface area contributed by atoms with Crippen molar-refractivity contribution in [1.29, 1.82) is 0 Å². The maximum Gasteiger partial charge on any atom is 0.338 e. The van der Waals surface area contributed by atoms with E-state index in [2.05, 4.69) is 9.97 Å². The van der Waals surface area contributed by atoms with Gasteiger partial charge in [-0.2, -0.15) is 0 Å². The number of carboxylic acid groups (broad SMARTS) is 1. The molecule has 0 fully saturated rings. The number of aromatic carboxylic acids is 1. The number of hydrogen-bond acceptors (Lipinski definition) is 4. The molecular formula is C13H11FN2O2S. The van der Waals surface area contributed by atoms with Crippen LogP contribution in [0.2, 0.25) is 0 Å². The van der Waals surface area contributed by atoms with E-state index in [-0.39, 0.29) is 10.6 Å². The van der Waals surface area contributed by atoms with E-state index >= 15 is 0 Å². The third-order valence-electron chi connectivity index (χ3n) is 2.32. The SMILES string of the molecule is Cc1cc(C)nc(Sc2ncc(F)cc2C(=O)O)c1. The second-order valence-electron chi connectivity index (χ2n) is 4.04. The van der Waals surface area contributed by atoms with Crippen LogP contribution in [0.5, 0.6) is 0 Å². The van der Waals surface area contributed by atoms with Gasteiger partial charge >= 0.3 is 5.97 Å². The predicted molar refractivity (Wildman–Crippen MR) is 69.0 cm³/mol. The molecule has 2 aromatic rings. The highest BCUT2D eigenvalue weighted by atomic mass is 32.2. The number of hydrogen-bond donors (Lipinski definition) is 1. The largest absolute Gasteiger partial charge is 0.478 e. The number of aryl methyl sites for hydroxylation is 2. The van der Waals surface area contributed by atoms with E-state index in [0.29, 0.717) is 5.03 Å². The molecule has 1 N–H and O–H groups in total. The molecule has 6 heteroatoms. The first-order valence-corrected chi connectivity index (χ1v) is 6.29. The summed E-state index contributed by atoms with van der Waals surface area (Å²) in [4.78, 5) is 19.2. The molecule has 0 atom stereocenters. The number of aromatic nitrogens is 2. The Labute approximate surface area is 113 Å². The fourth-order valence-corrected chi connectivity index (χ4v) is 2.61. The van der Waals surface area contributed by atoms with Gasteiger partial charge in [0, 0.05) is 5.69 Å². The van der Waals surface area contributed by atoms with Crippen molar-refractivity contribution < 1.29 is 14.3 Å². The van der Waals surface area contributed by atoms with Gasteiger partial charge in [0.25, 0.3) is 0 Å². The molecule has 0 bridgehead atoms. The summed E-state index contributed by atoms with van der Waals surface area (Å²) in [5.41, 5.74) is 1.70. The zero-order valence-electron chi connectivity index (χ0n) is 10.3. The molecule has 0 aliphatic carbocycles. The number of carbonyl (C=O) groups is 1. The van der Waals surface area contributed by atoms with Gasteiger partial charge in [-0.1, -0.05) is 0 Å². The van der Waals surface area contributed by atoms with Gasteiger partial charge in [-0.3, -0.25) is 0 Å². The molecule has 98 valence electrons. The molecule has 2 heterocycles. The molecule has 0 aromatic carbocycles. The Morgan fingerprint density at radius 2 is 2.05 bits per heavy atom. The lowest BCUT2D eigenvalue weighted by Gasteiger charge is -2.06. The normalized spacial score (nSPS) is 10.5. The average Bonchev–Trinajstić information content (AvgIpc) is 2.30. The summed E-state index contributed by atoms with van der Waals surface area (Å²) in [6.07, 6.45) is 0.997. The summed E-state index contributed by atoms with van der Waals surface area (Å²) in [7, 11) is 0. The van der Waals surface area contributed by atoms with Crippen molar-refractivity contribution in [2.24, 2.45) is 0 Å². The summed E-state index contributed by atoms with van der Waals surface area (Å²) < 4.78 is 13.0. The van der Waals surface area contributed by atoms with E-state index in [1.54, 1.807) is 0 Å². The molecule has 0 radical (unpaired) electrons. The third-order valence-corrected chi connectivity index (χ3v) is 3.26. The average molecular weight is 278 g/mol. The molecule has 0 aliphatic rings. The first-order chi connectivity index (χ1) is 8.95. The van der Waals surface area contributed by atoms with Crippen LogP contribution in [-0.4, -0.2) is 21.0 Å². The predicted octanol–water partition coefficient (Wildman–Crippen LogP) is 3.08. The third kappa shape index (κ3) is 3.29. The van der Waals surface area contributed by atoms with E-state index < -0.39 is 11.8 Å². The van der Waals surface area contributed by atoms with Gasteiger partial charge in [0.1, 0.15) is 15.9 Å². The van der Waals surface area contributed by atoms with Crippen molar-refractivity contribution in [1.82, 2.24) is 9.97 Å². The number of nitrogens with zero attached hydrogens (tertiary/aromatic N) is 2. The first kappa shape index (κ1) is 13.5. The minimum Gasteiger partial charge on any atom is -0.478 e. The molecule has 4 nitrogen and oxygen atoms in total. The van der Waals surface area contributed by atoms with E-state index in [1.807, 2.05) is 26.0 Å². The van der Waals surface area contributed by atoms with Crippen LogP contribution in [-0.2, 0) is 0 Å². The Morgan fingerprint density at radius 3 is 2.68 bits per heavy atom. The van der Waals surface area contributed by atoms with Crippen molar-refractivity contribution in [2.45, 2.75) is 23.9 Å². The minimum atomic E-state index is -1.21. The molecule has 0 aliphatic heterocycles. The van der Waals surface area contributed by atoms with Gasteiger partial charge in [0.15, 0.2) is 0 Å². The Bertz CT molecular complexity index is 626. The quantitative estimate of drug-likeness (QED) is 0.934. The molecular weight excluding hydrogens is 267 g/mol. The molecule has 0 saturated carbocycles. The number of carboxylic acids is 1. The van der Waals surface area contributed by atoms with Gasteiger partial charge in [-0.25, -0.2) is 19.2 Å². The highest BCUT2D eigenvalue weighted by Crippen LogP contribution is 2.28. The van der Waals surface area contributed by atoms with Crippen LogP contribution >= 0.6 is 11.8 Å². The Morgan fingerprint density at radius 1 is 1.32 bits per heavy atom. The fourth-order valence-electron chi connectivity index (χ4n) is 1.62. The lowest BCUT2D eigenvalue weighted by Crippen LogP contribution is -2.02. The second-order valence-corrected chi connectivity index (χ2v) is 5.05. The summed E-state index contributed by atoms with van der Waals surface area (Å²) >= 11 is 1.11. The minimum absolute atomic E-state index is 0.161. The van der Waals surface area contributed by atoms with Gasteiger partial charge in [-0.05, 0) is 49.4 Å². The first-order valence-electron chi connectivity index (χ1n) is 5.47. The van der Waals surface area contributed by atoms with Crippen molar-refractivity contribution in [3.8, 4) is 0 Å². The van der Waals surface area contributed by atoms with Crippen LogP contribution in [0.25, 0.3) is 0 Å². The van der Waals surface area contributed by atoms with Crippen molar-refractivity contribution in [3.63, 3.8) is 0 Å². The molecule has 0 saturated heterocycles. The van der Waals surface area contributed by atoms with Gasteiger partial charge in [0.05, 0.1) is 11.8 Å². The molecule has 0 spiro atoms. The smallest absolute Gasteiger partial charge is 0.338 e. The van der Waals surface area contributed by atoms with E-state index in [1.165, 1.54) is 0 Å². The van der Waals surface area contributed by atoms with Crippen LogP contribution in [0.15, 0.2) is 34.4 Å². The van der Waals surface area contributed by atoms with Crippen LogP contribution in [0.1, 0.15) is 21.6 Å². The molecule has 19 heavy (non-hydrogen) atoms. The van der Waals surface area contributed by atoms with Crippen molar-refractivity contribution in [3.05, 3.63) is 47.0 Å². The Hall–Kier alpha value is -1.95. The van der Waals surface area contributed by atoms with Crippen LogP contribution in [0, 0.1) is 19.7 Å². The van der Waals surface area contributed by atoms with Crippen LogP contribution in [0.3, 0.4) is 0 Å². The van der Waals surface area contributed by atoms with Crippen LogP contribution < -0.4 is 0 Å². The van der Waals surface area contributed by atoms with Gasteiger partial charge in [-0.15, -0.1) is 0 Å². The Balaban J connectivity index is 2.40. The fraction of sp³-hybridized carbons (Fsp3) is 0.154.